The number of nitrogens with one attached hydrogen (secondary N) is 3. The van der Waals surface area contributed by atoms with E-state index in [9.17, 15) is 9.59 Å². The molecule has 0 spiro atoms. The Hall–Kier alpha value is -3.39. The number of nitrogens with zero attached hydrogens (tertiary/aromatic N) is 1. The lowest BCUT2D eigenvalue weighted by atomic mass is 10.1. The third kappa shape index (κ3) is 4.28. The number of carbonyl (C=O) groups excluding carboxylic acids is 1. The zero-order chi connectivity index (χ0) is 21.1. The number of amides is 1. The van der Waals surface area contributed by atoms with Crippen molar-refractivity contribution in [3.05, 3.63) is 64.2 Å². The number of ether oxygens (including phenoxy) is 2. The van der Waals surface area contributed by atoms with E-state index >= 15 is 0 Å². The molecule has 156 valence electrons. The minimum atomic E-state index is -0.163. The van der Waals surface area contributed by atoms with Gasteiger partial charge < -0.3 is 24.7 Å². The van der Waals surface area contributed by atoms with Crippen molar-refractivity contribution in [1.82, 2.24) is 15.3 Å². The fourth-order valence-electron chi connectivity index (χ4n) is 3.55. The van der Waals surface area contributed by atoms with Crippen LogP contribution < -0.4 is 25.2 Å². The summed E-state index contributed by atoms with van der Waals surface area (Å²) in [6.07, 6.45) is 0. The normalized spacial score (nSPS) is 14.5. The Morgan fingerprint density at radius 2 is 2.03 bits per heavy atom. The molecule has 1 aliphatic heterocycles. The maximum absolute atomic E-state index is 12.6. The molecule has 2 atom stereocenters. The summed E-state index contributed by atoms with van der Waals surface area (Å²) >= 11 is 0. The SMILES string of the molecule is CC[NH+](CC(=O)N[C@H](C)c1ccc2c(c1)OCO2)Cc1nc2ccccc2c(=O)[nH]1. The minimum absolute atomic E-state index is 0.0693. The monoisotopic (exact) mass is 409 g/mol. The number of fused-ring (bicyclic) bond motifs is 2. The molecule has 1 amide bonds. The first-order valence-electron chi connectivity index (χ1n) is 10.0. The molecule has 2 aromatic carbocycles. The number of likely N-dealkylation sites (N-methyl/N-ethyl adjacent to an activating group) is 1. The van der Waals surface area contributed by atoms with Crippen molar-refractivity contribution in [2.75, 3.05) is 19.9 Å². The summed E-state index contributed by atoms with van der Waals surface area (Å²) in [5.41, 5.74) is 1.45. The van der Waals surface area contributed by atoms with Gasteiger partial charge in [0, 0.05) is 0 Å². The first kappa shape index (κ1) is 19.9. The molecule has 30 heavy (non-hydrogen) atoms. The molecule has 4 rings (SSSR count). The second-order valence-corrected chi connectivity index (χ2v) is 7.39. The van der Waals surface area contributed by atoms with E-state index in [-0.39, 0.29) is 30.8 Å². The molecule has 1 unspecified atom stereocenters. The Labute approximate surface area is 173 Å². The summed E-state index contributed by atoms with van der Waals surface area (Å²) in [7, 11) is 0. The van der Waals surface area contributed by atoms with Gasteiger partial charge in [0.05, 0.1) is 23.5 Å². The Balaban J connectivity index is 1.39. The van der Waals surface area contributed by atoms with Crippen LogP contribution in [0, 0.1) is 0 Å². The number of aromatic amines is 1. The van der Waals surface area contributed by atoms with E-state index in [4.69, 9.17) is 9.47 Å². The van der Waals surface area contributed by atoms with Crippen molar-refractivity contribution in [2.24, 2.45) is 0 Å². The quantitative estimate of drug-likeness (QED) is 0.540. The summed E-state index contributed by atoms with van der Waals surface area (Å²) in [6.45, 7) is 5.62. The summed E-state index contributed by atoms with van der Waals surface area (Å²) in [4.78, 5) is 33.3. The molecule has 0 aliphatic carbocycles. The maximum Gasteiger partial charge on any atom is 0.275 e. The third-order valence-electron chi connectivity index (χ3n) is 5.26. The number of para-hydroxylation sites is 1. The number of rotatable bonds is 7. The van der Waals surface area contributed by atoms with Crippen LogP contribution in [0.1, 0.15) is 31.3 Å². The van der Waals surface area contributed by atoms with E-state index in [0.29, 0.717) is 29.0 Å². The first-order valence-corrected chi connectivity index (χ1v) is 10.0. The van der Waals surface area contributed by atoms with Crippen molar-refractivity contribution in [3.8, 4) is 11.5 Å². The van der Waals surface area contributed by atoms with Crippen LogP contribution in [0.3, 0.4) is 0 Å². The van der Waals surface area contributed by atoms with Gasteiger partial charge in [0.25, 0.3) is 11.5 Å². The molecular weight excluding hydrogens is 384 g/mol. The van der Waals surface area contributed by atoms with Crippen molar-refractivity contribution in [3.63, 3.8) is 0 Å². The molecule has 0 radical (unpaired) electrons. The molecule has 1 aliphatic rings. The molecule has 0 saturated heterocycles. The van der Waals surface area contributed by atoms with Crippen LogP contribution in [0.5, 0.6) is 11.5 Å². The zero-order valence-electron chi connectivity index (χ0n) is 17.0. The van der Waals surface area contributed by atoms with Crippen LogP contribution in [0.15, 0.2) is 47.3 Å². The second kappa shape index (κ2) is 8.54. The maximum atomic E-state index is 12.6. The lowest BCUT2D eigenvalue weighted by Crippen LogP contribution is -3.11. The number of H-pyrrole nitrogens is 1. The van der Waals surface area contributed by atoms with Crippen LogP contribution in [0.2, 0.25) is 0 Å². The van der Waals surface area contributed by atoms with Gasteiger partial charge in [-0.25, -0.2) is 4.98 Å². The van der Waals surface area contributed by atoms with Crippen molar-refractivity contribution >= 4 is 16.8 Å². The molecule has 3 aromatic rings. The Bertz CT molecular complexity index is 1130. The van der Waals surface area contributed by atoms with Gasteiger partial charge in [-0.3, -0.25) is 9.59 Å². The number of aromatic nitrogens is 2. The van der Waals surface area contributed by atoms with Gasteiger partial charge in [0.1, 0.15) is 6.54 Å². The number of benzene rings is 2. The molecule has 1 aromatic heterocycles. The highest BCUT2D eigenvalue weighted by atomic mass is 16.7. The molecule has 0 bridgehead atoms. The zero-order valence-corrected chi connectivity index (χ0v) is 17.0. The summed E-state index contributed by atoms with van der Waals surface area (Å²) in [6, 6.07) is 12.7. The Morgan fingerprint density at radius 1 is 1.23 bits per heavy atom. The van der Waals surface area contributed by atoms with E-state index in [1.807, 2.05) is 50.2 Å². The van der Waals surface area contributed by atoms with Gasteiger partial charge in [0.2, 0.25) is 6.79 Å². The lowest BCUT2D eigenvalue weighted by Gasteiger charge is -2.19. The Kier molecular flexibility index (Phi) is 5.67. The number of carbonyl (C=O) groups is 1. The van der Waals surface area contributed by atoms with Crippen molar-refractivity contribution < 1.29 is 19.2 Å². The van der Waals surface area contributed by atoms with Gasteiger partial charge in [-0.15, -0.1) is 0 Å². The average Bonchev–Trinajstić information content (AvgIpc) is 3.21. The highest BCUT2D eigenvalue weighted by Gasteiger charge is 2.20. The smallest absolute Gasteiger partial charge is 0.275 e. The molecule has 8 heteroatoms. The van der Waals surface area contributed by atoms with Gasteiger partial charge in [-0.2, -0.15) is 0 Å². The van der Waals surface area contributed by atoms with E-state index in [2.05, 4.69) is 15.3 Å². The molecule has 8 nitrogen and oxygen atoms in total. The number of quaternary nitrogens is 1. The third-order valence-corrected chi connectivity index (χ3v) is 5.26. The van der Waals surface area contributed by atoms with E-state index in [0.717, 1.165) is 22.8 Å². The van der Waals surface area contributed by atoms with Gasteiger partial charge in [-0.1, -0.05) is 18.2 Å². The highest BCUT2D eigenvalue weighted by molar-refractivity contribution is 5.78. The second-order valence-electron chi connectivity index (χ2n) is 7.39. The molecular formula is C22H25N4O4+. The topological polar surface area (TPSA) is 97.8 Å². The van der Waals surface area contributed by atoms with Gasteiger partial charge in [-0.05, 0) is 43.7 Å². The van der Waals surface area contributed by atoms with Crippen LogP contribution in [-0.2, 0) is 11.3 Å². The molecule has 0 fully saturated rings. The van der Waals surface area contributed by atoms with E-state index in [1.54, 1.807) is 6.07 Å². The fraction of sp³-hybridized carbons (Fsp3) is 0.318. The lowest BCUT2D eigenvalue weighted by molar-refractivity contribution is -0.904. The van der Waals surface area contributed by atoms with Crippen LogP contribution in [-0.4, -0.2) is 35.8 Å². The van der Waals surface area contributed by atoms with Gasteiger partial charge in [0.15, 0.2) is 23.9 Å². The van der Waals surface area contributed by atoms with Crippen LogP contribution in [0.25, 0.3) is 10.9 Å². The minimum Gasteiger partial charge on any atom is -0.454 e. The molecule has 2 heterocycles. The molecule has 3 N–H and O–H groups in total. The van der Waals surface area contributed by atoms with Gasteiger partial charge >= 0.3 is 0 Å². The van der Waals surface area contributed by atoms with Crippen molar-refractivity contribution in [1.29, 1.82) is 0 Å². The first-order chi connectivity index (χ1) is 14.5. The van der Waals surface area contributed by atoms with Crippen LogP contribution in [0.4, 0.5) is 0 Å². The highest BCUT2D eigenvalue weighted by Crippen LogP contribution is 2.34. The summed E-state index contributed by atoms with van der Waals surface area (Å²) < 4.78 is 10.7. The fourth-order valence-corrected chi connectivity index (χ4v) is 3.55. The molecule has 0 saturated carbocycles. The van der Waals surface area contributed by atoms with E-state index in [1.165, 1.54) is 0 Å². The number of hydrogen-bond acceptors (Lipinski definition) is 5. The predicted octanol–water partition coefficient (Wildman–Crippen LogP) is 0.934. The standard InChI is InChI=1S/C22H24N4O4/c1-3-26(11-20-24-17-7-5-4-6-16(17)22(28)25-20)12-21(27)23-14(2)15-8-9-18-19(10-15)30-13-29-18/h4-10,14H,3,11-13H2,1-2H3,(H,23,27)(H,24,25,28)/p+1/t14-/m1/s1. The predicted molar refractivity (Wildman–Crippen MR) is 112 cm³/mol. The Morgan fingerprint density at radius 3 is 2.87 bits per heavy atom. The number of hydrogen-bond donors (Lipinski definition) is 3. The average molecular weight is 409 g/mol. The van der Waals surface area contributed by atoms with Crippen molar-refractivity contribution in [2.45, 2.75) is 26.4 Å². The van der Waals surface area contributed by atoms with Crippen LogP contribution >= 0.6 is 0 Å². The summed E-state index contributed by atoms with van der Waals surface area (Å²) in [5.74, 6) is 1.92. The van der Waals surface area contributed by atoms with E-state index < -0.39 is 0 Å². The summed E-state index contributed by atoms with van der Waals surface area (Å²) in [5, 5.41) is 3.59. The largest absolute Gasteiger partial charge is 0.454 e.